The molecule has 0 saturated carbocycles. The summed E-state index contributed by atoms with van der Waals surface area (Å²) in [6, 6.07) is 0. The Kier molecular flexibility index (Phi) is 3.10. The average Bonchev–Trinajstić information content (AvgIpc) is 1.65. The van der Waals surface area contributed by atoms with Gasteiger partial charge in [-0.3, -0.25) is 0 Å². The Labute approximate surface area is 50.2 Å². The van der Waals surface area contributed by atoms with E-state index in [2.05, 4.69) is 6.92 Å². The van der Waals surface area contributed by atoms with Gasteiger partial charge in [-0.15, -0.1) is 0 Å². The molecule has 0 aliphatic rings. The lowest BCUT2D eigenvalue weighted by atomic mass is 10.2. The Balaban J connectivity index is 3.72. The maximum atomic E-state index is 5.61. The maximum Gasteiger partial charge on any atom is 0.0139 e. The molecular formula is C6H11Cl. The van der Waals surface area contributed by atoms with Gasteiger partial charge in [0.15, 0.2) is 0 Å². The van der Waals surface area contributed by atoms with E-state index in [-0.39, 0.29) is 0 Å². The molecule has 0 aromatic carbocycles. The van der Waals surface area contributed by atoms with Gasteiger partial charge in [0.2, 0.25) is 0 Å². The normalized spacial score (nSPS) is 13.7. The van der Waals surface area contributed by atoms with E-state index in [1.165, 1.54) is 5.57 Å². The van der Waals surface area contributed by atoms with E-state index < -0.39 is 0 Å². The summed E-state index contributed by atoms with van der Waals surface area (Å²) in [7, 11) is 0. The van der Waals surface area contributed by atoms with Crippen LogP contribution in [0, 0.1) is 0 Å². The van der Waals surface area contributed by atoms with E-state index in [1.807, 2.05) is 13.8 Å². The lowest BCUT2D eigenvalue weighted by Gasteiger charge is -1.92. The van der Waals surface area contributed by atoms with Crippen molar-refractivity contribution in [1.29, 1.82) is 0 Å². The molecule has 0 unspecified atom stereocenters. The Morgan fingerprint density at radius 1 is 1.43 bits per heavy atom. The predicted molar refractivity (Wildman–Crippen MR) is 34.5 cm³/mol. The van der Waals surface area contributed by atoms with Crippen molar-refractivity contribution in [2.24, 2.45) is 0 Å². The van der Waals surface area contributed by atoms with Crippen LogP contribution in [0.2, 0.25) is 0 Å². The van der Waals surface area contributed by atoms with Gasteiger partial charge in [0, 0.05) is 5.03 Å². The second kappa shape index (κ2) is 3.09. The van der Waals surface area contributed by atoms with E-state index in [0.29, 0.717) is 0 Å². The molecule has 0 bridgehead atoms. The minimum absolute atomic E-state index is 0.933. The van der Waals surface area contributed by atoms with Crippen LogP contribution in [-0.2, 0) is 0 Å². The van der Waals surface area contributed by atoms with Crippen LogP contribution < -0.4 is 0 Å². The largest absolute Gasteiger partial charge is 0.0895 e. The first-order chi connectivity index (χ1) is 3.18. The summed E-state index contributed by atoms with van der Waals surface area (Å²) in [5.41, 5.74) is 1.28. The molecule has 0 radical (unpaired) electrons. The molecule has 0 aromatic rings. The van der Waals surface area contributed by atoms with Gasteiger partial charge in [-0.1, -0.05) is 24.1 Å². The molecule has 0 spiro atoms. The average molecular weight is 119 g/mol. The third-order valence-electron chi connectivity index (χ3n) is 1.12. The highest BCUT2D eigenvalue weighted by atomic mass is 35.5. The molecule has 0 N–H and O–H groups in total. The highest BCUT2D eigenvalue weighted by Gasteiger charge is 1.85. The Morgan fingerprint density at radius 3 is 1.86 bits per heavy atom. The molecule has 0 rings (SSSR count). The fourth-order valence-electron chi connectivity index (χ4n) is 0.244. The molecule has 0 aromatic heterocycles. The number of hydrogen-bond donors (Lipinski definition) is 0. The number of halogens is 1. The molecule has 0 aliphatic heterocycles. The molecule has 0 heterocycles. The third kappa shape index (κ3) is 2.69. The van der Waals surface area contributed by atoms with Gasteiger partial charge in [-0.25, -0.2) is 0 Å². The zero-order valence-electron chi connectivity index (χ0n) is 5.09. The SMILES string of the molecule is CCC(C)=C(C)Cl. The van der Waals surface area contributed by atoms with Gasteiger partial charge in [-0.05, 0) is 20.3 Å². The van der Waals surface area contributed by atoms with Crippen LogP contribution in [0.3, 0.4) is 0 Å². The molecule has 7 heavy (non-hydrogen) atoms. The Hall–Kier alpha value is 0.0300. The predicted octanol–water partition coefficient (Wildman–Crippen LogP) is 2.93. The third-order valence-corrected chi connectivity index (χ3v) is 1.44. The monoisotopic (exact) mass is 118 g/mol. The van der Waals surface area contributed by atoms with Gasteiger partial charge >= 0.3 is 0 Å². The van der Waals surface area contributed by atoms with Crippen molar-refractivity contribution < 1.29 is 0 Å². The minimum atomic E-state index is 0.933. The van der Waals surface area contributed by atoms with Crippen molar-refractivity contribution in [3.8, 4) is 0 Å². The highest BCUT2D eigenvalue weighted by Crippen LogP contribution is 2.09. The zero-order chi connectivity index (χ0) is 5.86. The molecule has 42 valence electrons. The van der Waals surface area contributed by atoms with E-state index in [4.69, 9.17) is 11.6 Å². The van der Waals surface area contributed by atoms with Crippen molar-refractivity contribution in [2.45, 2.75) is 27.2 Å². The van der Waals surface area contributed by atoms with Crippen LogP contribution in [0.15, 0.2) is 10.6 Å². The summed E-state index contributed by atoms with van der Waals surface area (Å²) >= 11 is 5.61. The van der Waals surface area contributed by atoms with Crippen LogP contribution in [0.1, 0.15) is 27.2 Å². The second-order valence-corrected chi connectivity index (χ2v) is 2.23. The maximum absolute atomic E-state index is 5.61. The van der Waals surface area contributed by atoms with Crippen molar-refractivity contribution in [3.63, 3.8) is 0 Å². The van der Waals surface area contributed by atoms with E-state index >= 15 is 0 Å². The topological polar surface area (TPSA) is 0 Å². The molecule has 0 aliphatic carbocycles. The first-order valence-corrected chi connectivity index (χ1v) is 2.88. The quantitative estimate of drug-likeness (QED) is 0.497. The summed E-state index contributed by atoms with van der Waals surface area (Å²) in [6.07, 6.45) is 1.06. The molecule has 1 heteroatoms. The van der Waals surface area contributed by atoms with Crippen LogP contribution in [0.25, 0.3) is 0 Å². The smallest absolute Gasteiger partial charge is 0.0139 e. The van der Waals surface area contributed by atoms with E-state index in [0.717, 1.165) is 11.5 Å². The first-order valence-electron chi connectivity index (χ1n) is 2.50. The van der Waals surface area contributed by atoms with Gasteiger partial charge in [-0.2, -0.15) is 0 Å². The fraction of sp³-hybridized carbons (Fsp3) is 0.667. The van der Waals surface area contributed by atoms with Crippen molar-refractivity contribution in [3.05, 3.63) is 10.6 Å². The molecule has 0 saturated heterocycles. The first kappa shape index (κ1) is 7.03. The van der Waals surface area contributed by atoms with Gasteiger partial charge < -0.3 is 0 Å². The summed E-state index contributed by atoms with van der Waals surface area (Å²) in [5, 5.41) is 0.933. The van der Waals surface area contributed by atoms with E-state index in [9.17, 15) is 0 Å². The second-order valence-electron chi connectivity index (χ2n) is 1.67. The minimum Gasteiger partial charge on any atom is -0.0895 e. The molecule has 0 fully saturated rings. The summed E-state index contributed by atoms with van der Waals surface area (Å²) in [4.78, 5) is 0. The lowest BCUT2D eigenvalue weighted by molar-refractivity contribution is 1.08. The van der Waals surface area contributed by atoms with Crippen molar-refractivity contribution in [1.82, 2.24) is 0 Å². The van der Waals surface area contributed by atoms with Crippen LogP contribution in [-0.4, -0.2) is 0 Å². The van der Waals surface area contributed by atoms with Crippen LogP contribution >= 0.6 is 11.6 Å². The van der Waals surface area contributed by atoms with Gasteiger partial charge in [0.05, 0.1) is 0 Å². The number of allylic oxidation sites excluding steroid dienone is 2. The summed E-state index contributed by atoms with van der Waals surface area (Å²) < 4.78 is 0. The standard InChI is InChI=1S/C6H11Cl/c1-4-5(2)6(3)7/h4H2,1-3H3. The van der Waals surface area contributed by atoms with Gasteiger partial charge in [0.1, 0.15) is 0 Å². The lowest BCUT2D eigenvalue weighted by Crippen LogP contribution is -1.70. The molecule has 0 amide bonds. The Morgan fingerprint density at radius 2 is 1.86 bits per heavy atom. The van der Waals surface area contributed by atoms with Crippen LogP contribution in [0.4, 0.5) is 0 Å². The molecule has 0 atom stereocenters. The number of rotatable bonds is 1. The summed E-state index contributed by atoms with van der Waals surface area (Å²) in [6.45, 7) is 6.06. The van der Waals surface area contributed by atoms with Crippen LogP contribution in [0.5, 0.6) is 0 Å². The number of hydrogen-bond acceptors (Lipinski definition) is 0. The van der Waals surface area contributed by atoms with Gasteiger partial charge in [0.25, 0.3) is 0 Å². The Bertz CT molecular complexity index is 78.2. The fourth-order valence-corrected chi connectivity index (χ4v) is 0.377. The zero-order valence-corrected chi connectivity index (χ0v) is 5.84. The highest BCUT2D eigenvalue weighted by molar-refractivity contribution is 6.29. The molecular weight excluding hydrogens is 108 g/mol. The molecule has 0 nitrogen and oxygen atoms in total. The summed E-state index contributed by atoms with van der Waals surface area (Å²) in [5.74, 6) is 0. The van der Waals surface area contributed by atoms with Crippen molar-refractivity contribution >= 4 is 11.6 Å². The van der Waals surface area contributed by atoms with Crippen molar-refractivity contribution in [2.75, 3.05) is 0 Å². The van der Waals surface area contributed by atoms with E-state index in [1.54, 1.807) is 0 Å².